The fraction of sp³-hybridized carbons (Fsp3) is 0.308. The molecule has 15 heavy (non-hydrogen) atoms. The monoisotopic (exact) mass is 204 g/mol. The van der Waals surface area contributed by atoms with Gasteiger partial charge in [-0.25, -0.2) is 0 Å². The molecule has 0 aliphatic rings. The minimum Gasteiger partial charge on any atom is -0.508 e. The van der Waals surface area contributed by atoms with Crippen molar-refractivity contribution in [3.8, 4) is 5.75 Å². The van der Waals surface area contributed by atoms with E-state index in [1.807, 2.05) is 26.0 Å². The predicted octanol–water partition coefficient (Wildman–Crippen LogP) is 3.02. The van der Waals surface area contributed by atoms with Crippen LogP contribution in [0.15, 0.2) is 29.8 Å². The van der Waals surface area contributed by atoms with Gasteiger partial charge in [-0.1, -0.05) is 26.0 Å². The van der Waals surface area contributed by atoms with Crippen molar-refractivity contribution in [1.82, 2.24) is 0 Å². The zero-order valence-electron chi connectivity index (χ0n) is 9.32. The van der Waals surface area contributed by atoms with Crippen LogP contribution in [-0.2, 0) is 4.79 Å². The summed E-state index contributed by atoms with van der Waals surface area (Å²) in [5, 5.41) is 9.29. The van der Waals surface area contributed by atoms with Crippen LogP contribution in [0.5, 0.6) is 5.75 Å². The highest BCUT2D eigenvalue weighted by Crippen LogP contribution is 2.18. The number of phenols is 1. The first-order valence-corrected chi connectivity index (χ1v) is 5.02. The van der Waals surface area contributed by atoms with E-state index in [0.717, 1.165) is 11.1 Å². The van der Waals surface area contributed by atoms with Crippen molar-refractivity contribution in [1.29, 1.82) is 0 Å². The highest BCUT2D eigenvalue weighted by Gasteiger charge is 2.08. The molecule has 0 amide bonds. The number of carbonyl (C=O) groups is 1. The Labute approximate surface area is 90.3 Å². The van der Waals surface area contributed by atoms with Gasteiger partial charge in [0.1, 0.15) is 5.75 Å². The molecule has 0 aromatic heterocycles. The smallest absolute Gasteiger partial charge is 0.156 e. The zero-order chi connectivity index (χ0) is 11.4. The van der Waals surface area contributed by atoms with Crippen LogP contribution >= 0.6 is 0 Å². The van der Waals surface area contributed by atoms with Crippen molar-refractivity contribution in [3.05, 3.63) is 35.4 Å². The van der Waals surface area contributed by atoms with Crippen LogP contribution in [0.3, 0.4) is 0 Å². The van der Waals surface area contributed by atoms with Crippen LogP contribution in [0.25, 0.3) is 6.08 Å². The Hall–Kier alpha value is -1.57. The maximum absolute atomic E-state index is 11.3. The molecule has 0 bridgehead atoms. The Bertz CT molecular complexity index is 389. The minimum absolute atomic E-state index is 0.0772. The molecule has 0 unspecified atom stereocenters. The molecule has 80 valence electrons. The molecule has 0 radical (unpaired) electrons. The number of hydrogen-bond donors (Lipinski definition) is 1. The number of allylic oxidation sites excluding steroid dienone is 1. The fourth-order valence-corrected chi connectivity index (χ4v) is 1.47. The lowest BCUT2D eigenvalue weighted by Crippen LogP contribution is -2.03. The number of phenolic OH excluding ortho intramolecular Hbond substituents is 1. The van der Waals surface area contributed by atoms with Gasteiger partial charge in [-0.3, -0.25) is 4.79 Å². The van der Waals surface area contributed by atoms with Crippen LogP contribution in [-0.4, -0.2) is 10.9 Å². The van der Waals surface area contributed by atoms with E-state index in [1.54, 1.807) is 25.1 Å². The van der Waals surface area contributed by atoms with Gasteiger partial charge in [0, 0.05) is 0 Å². The number of hydrogen-bond acceptors (Lipinski definition) is 2. The molecule has 0 heterocycles. The first-order valence-electron chi connectivity index (χ1n) is 5.02. The van der Waals surface area contributed by atoms with Gasteiger partial charge >= 0.3 is 0 Å². The standard InChI is InChI=1S/C13H16O2/c1-9(2)13(10(3)14)8-11-5-4-6-12(15)7-11/h4-9,15H,1-3H3/b13-8+. The molecule has 1 aromatic carbocycles. The van der Waals surface area contributed by atoms with Gasteiger partial charge in [-0.2, -0.15) is 0 Å². The van der Waals surface area contributed by atoms with E-state index in [4.69, 9.17) is 0 Å². The molecule has 2 heteroatoms. The quantitative estimate of drug-likeness (QED) is 0.768. The molecule has 1 N–H and O–H groups in total. The molecule has 0 aliphatic heterocycles. The summed E-state index contributed by atoms with van der Waals surface area (Å²) in [6.45, 7) is 5.53. The molecular weight excluding hydrogens is 188 g/mol. The molecule has 0 aliphatic carbocycles. The van der Waals surface area contributed by atoms with Gasteiger partial charge in [0.2, 0.25) is 0 Å². The summed E-state index contributed by atoms with van der Waals surface area (Å²) in [5.41, 5.74) is 1.63. The summed E-state index contributed by atoms with van der Waals surface area (Å²) < 4.78 is 0. The summed E-state index contributed by atoms with van der Waals surface area (Å²) in [6.07, 6.45) is 1.83. The Morgan fingerprint density at radius 1 is 1.40 bits per heavy atom. The summed E-state index contributed by atoms with van der Waals surface area (Å²) in [5.74, 6) is 0.494. The maximum atomic E-state index is 11.3. The first-order chi connectivity index (χ1) is 7.00. The van der Waals surface area contributed by atoms with Crippen LogP contribution in [0.2, 0.25) is 0 Å². The summed E-state index contributed by atoms with van der Waals surface area (Å²) in [7, 11) is 0. The van der Waals surface area contributed by atoms with E-state index in [0.29, 0.717) is 0 Å². The predicted molar refractivity (Wildman–Crippen MR) is 61.6 cm³/mol. The van der Waals surface area contributed by atoms with E-state index >= 15 is 0 Å². The summed E-state index contributed by atoms with van der Waals surface area (Å²) in [6, 6.07) is 6.88. The first kappa shape index (κ1) is 11.5. The number of rotatable bonds is 3. The summed E-state index contributed by atoms with van der Waals surface area (Å²) in [4.78, 5) is 11.3. The third kappa shape index (κ3) is 3.24. The molecule has 0 spiro atoms. The van der Waals surface area contributed by atoms with Crippen molar-refractivity contribution in [2.45, 2.75) is 20.8 Å². The summed E-state index contributed by atoms with van der Waals surface area (Å²) >= 11 is 0. The number of benzene rings is 1. The SMILES string of the molecule is CC(=O)/C(=C/c1cccc(O)c1)C(C)C. The van der Waals surface area contributed by atoms with Crippen molar-refractivity contribution in [3.63, 3.8) is 0 Å². The van der Waals surface area contributed by atoms with Gasteiger partial charge in [-0.05, 0) is 42.2 Å². The number of carbonyl (C=O) groups excluding carboxylic acids is 1. The number of Topliss-reactive ketones (excluding diaryl/α,β-unsaturated/α-hetero) is 1. The lowest BCUT2D eigenvalue weighted by atomic mass is 9.97. The fourth-order valence-electron chi connectivity index (χ4n) is 1.47. The largest absolute Gasteiger partial charge is 0.508 e. The third-order valence-electron chi connectivity index (χ3n) is 2.22. The van der Waals surface area contributed by atoms with E-state index in [1.165, 1.54) is 0 Å². The maximum Gasteiger partial charge on any atom is 0.156 e. The second kappa shape index (κ2) is 4.78. The van der Waals surface area contributed by atoms with Gasteiger partial charge < -0.3 is 5.11 Å². The molecular formula is C13H16O2. The topological polar surface area (TPSA) is 37.3 Å². The van der Waals surface area contributed by atoms with Gasteiger partial charge in [0.05, 0.1) is 0 Å². The molecule has 0 fully saturated rings. The van der Waals surface area contributed by atoms with E-state index in [9.17, 15) is 9.90 Å². The number of aromatic hydroxyl groups is 1. The molecule has 1 aromatic rings. The molecule has 0 saturated carbocycles. The highest BCUT2D eigenvalue weighted by molar-refractivity contribution is 5.98. The minimum atomic E-state index is 0.0772. The van der Waals surface area contributed by atoms with Crippen molar-refractivity contribution in [2.75, 3.05) is 0 Å². The lowest BCUT2D eigenvalue weighted by Gasteiger charge is -2.07. The number of ketones is 1. The van der Waals surface area contributed by atoms with E-state index < -0.39 is 0 Å². The van der Waals surface area contributed by atoms with E-state index in [2.05, 4.69) is 0 Å². The molecule has 0 saturated heterocycles. The average Bonchev–Trinajstić information content (AvgIpc) is 2.13. The second-order valence-electron chi connectivity index (χ2n) is 3.91. The molecule has 2 nitrogen and oxygen atoms in total. The van der Waals surface area contributed by atoms with Crippen molar-refractivity contribution in [2.24, 2.45) is 5.92 Å². The van der Waals surface area contributed by atoms with Gasteiger partial charge in [-0.15, -0.1) is 0 Å². The van der Waals surface area contributed by atoms with E-state index in [-0.39, 0.29) is 17.5 Å². The zero-order valence-corrected chi connectivity index (χ0v) is 9.32. The van der Waals surface area contributed by atoms with Crippen LogP contribution in [0, 0.1) is 5.92 Å². The molecule has 0 atom stereocenters. The van der Waals surface area contributed by atoms with Crippen molar-refractivity contribution < 1.29 is 9.90 Å². The lowest BCUT2D eigenvalue weighted by molar-refractivity contribution is -0.113. The van der Waals surface area contributed by atoms with Crippen LogP contribution in [0.4, 0.5) is 0 Å². The van der Waals surface area contributed by atoms with Crippen LogP contribution < -0.4 is 0 Å². The Morgan fingerprint density at radius 2 is 2.07 bits per heavy atom. The normalized spacial score (nSPS) is 11.9. The van der Waals surface area contributed by atoms with Crippen molar-refractivity contribution >= 4 is 11.9 Å². The highest BCUT2D eigenvalue weighted by atomic mass is 16.3. The molecule has 1 rings (SSSR count). The average molecular weight is 204 g/mol. The van der Waals surface area contributed by atoms with Crippen LogP contribution in [0.1, 0.15) is 26.3 Å². The van der Waals surface area contributed by atoms with Gasteiger partial charge in [0.25, 0.3) is 0 Å². The van der Waals surface area contributed by atoms with Gasteiger partial charge in [0.15, 0.2) is 5.78 Å². The second-order valence-corrected chi connectivity index (χ2v) is 3.91. The Kier molecular flexibility index (Phi) is 3.67. The Balaban J connectivity index is 3.08. The third-order valence-corrected chi connectivity index (χ3v) is 2.22. The Morgan fingerprint density at radius 3 is 2.53 bits per heavy atom.